The maximum atomic E-state index is 13.3. The number of hydrogen-bond acceptors (Lipinski definition) is 5. The molecule has 31 heavy (non-hydrogen) atoms. The van der Waals surface area contributed by atoms with E-state index in [1.54, 1.807) is 18.6 Å². The van der Waals surface area contributed by atoms with Crippen LogP contribution in [0, 0.1) is 31.1 Å². The third kappa shape index (κ3) is 4.07. The third-order valence-corrected chi connectivity index (χ3v) is 7.41. The Balaban J connectivity index is 1.50. The maximum absolute atomic E-state index is 13.3. The highest BCUT2D eigenvalue weighted by Gasteiger charge is 2.47. The number of piperidine rings is 1. The van der Waals surface area contributed by atoms with Gasteiger partial charge >= 0.3 is 0 Å². The SMILES string of the molecule is CC#Cc1cc(C)c(C2C(=O)CC3(CCN(C(=O)c4cncs4)CC3)CC2=O)c(C)c1. The molecular weight excluding hydrogens is 408 g/mol. The number of likely N-dealkylation sites (tertiary alicyclic amines) is 1. The minimum Gasteiger partial charge on any atom is -0.338 e. The van der Waals surface area contributed by atoms with Crippen LogP contribution in [0.15, 0.2) is 23.8 Å². The zero-order valence-corrected chi connectivity index (χ0v) is 19.0. The Labute approximate surface area is 186 Å². The Bertz CT molecular complexity index is 1060. The first-order chi connectivity index (χ1) is 14.8. The predicted molar refractivity (Wildman–Crippen MR) is 120 cm³/mol. The summed E-state index contributed by atoms with van der Waals surface area (Å²) in [6.45, 7) is 6.85. The Morgan fingerprint density at radius 2 is 1.74 bits per heavy atom. The summed E-state index contributed by atoms with van der Waals surface area (Å²) in [7, 11) is 0. The molecule has 160 valence electrons. The first kappa shape index (κ1) is 21.5. The van der Waals surface area contributed by atoms with E-state index in [0.717, 1.165) is 22.3 Å². The van der Waals surface area contributed by atoms with E-state index in [2.05, 4.69) is 16.8 Å². The zero-order chi connectivity index (χ0) is 22.2. The van der Waals surface area contributed by atoms with Crippen molar-refractivity contribution in [3.63, 3.8) is 0 Å². The van der Waals surface area contributed by atoms with Crippen molar-refractivity contribution >= 4 is 28.8 Å². The number of aryl methyl sites for hydroxylation is 2. The molecule has 2 fully saturated rings. The highest BCUT2D eigenvalue weighted by atomic mass is 32.1. The van der Waals surface area contributed by atoms with Gasteiger partial charge in [-0.1, -0.05) is 5.92 Å². The molecule has 1 aliphatic heterocycles. The Kier molecular flexibility index (Phi) is 5.81. The minimum atomic E-state index is -0.675. The normalized spacial score (nSPS) is 18.7. The van der Waals surface area contributed by atoms with Crippen molar-refractivity contribution in [3.8, 4) is 11.8 Å². The van der Waals surface area contributed by atoms with Crippen LogP contribution in [0.25, 0.3) is 0 Å². The molecule has 6 heteroatoms. The number of amides is 1. The van der Waals surface area contributed by atoms with E-state index in [4.69, 9.17) is 0 Å². The van der Waals surface area contributed by atoms with Crippen LogP contribution in [0.3, 0.4) is 0 Å². The molecule has 2 aromatic rings. The molecule has 4 rings (SSSR count). The van der Waals surface area contributed by atoms with Crippen LogP contribution in [0.1, 0.15) is 70.5 Å². The van der Waals surface area contributed by atoms with Crippen molar-refractivity contribution < 1.29 is 14.4 Å². The van der Waals surface area contributed by atoms with E-state index < -0.39 is 5.92 Å². The van der Waals surface area contributed by atoms with Crippen molar-refractivity contribution in [3.05, 3.63) is 51.0 Å². The molecule has 1 amide bonds. The van der Waals surface area contributed by atoms with Gasteiger partial charge in [-0.25, -0.2) is 0 Å². The first-order valence-electron chi connectivity index (χ1n) is 10.6. The molecule has 0 N–H and O–H groups in total. The van der Waals surface area contributed by atoms with Crippen molar-refractivity contribution in [1.29, 1.82) is 0 Å². The van der Waals surface area contributed by atoms with Gasteiger partial charge in [-0.05, 0) is 67.9 Å². The second kappa shape index (κ2) is 8.39. The van der Waals surface area contributed by atoms with Crippen LogP contribution >= 0.6 is 11.3 Å². The Morgan fingerprint density at radius 1 is 1.13 bits per heavy atom. The van der Waals surface area contributed by atoms with Gasteiger partial charge < -0.3 is 4.90 Å². The van der Waals surface area contributed by atoms with E-state index in [1.807, 2.05) is 30.9 Å². The first-order valence-corrected chi connectivity index (χ1v) is 11.5. The molecule has 0 unspecified atom stereocenters. The lowest BCUT2D eigenvalue weighted by Crippen LogP contribution is -2.48. The molecule has 1 aromatic carbocycles. The highest BCUT2D eigenvalue weighted by Crippen LogP contribution is 2.46. The van der Waals surface area contributed by atoms with Crippen LogP contribution in [0.4, 0.5) is 0 Å². The Morgan fingerprint density at radius 3 is 2.26 bits per heavy atom. The number of nitrogens with zero attached hydrogens (tertiary/aromatic N) is 2. The van der Waals surface area contributed by atoms with E-state index in [-0.39, 0.29) is 22.9 Å². The van der Waals surface area contributed by atoms with Crippen LogP contribution in [-0.4, -0.2) is 40.4 Å². The summed E-state index contributed by atoms with van der Waals surface area (Å²) >= 11 is 1.34. The van der Waals surface area contributed by atoms with Gasteiger partial charge in [0, 0.05) is 31.5 Å². The van der Waals surface area contributed by atoms with Gasteiger partial charge in [0.1, 0.15) is 22.4 Å². The number of benzene rings is 1. The van der Waals surface area contributed by atoms with Gasteiger partial charge in [0.15, 0.2) is 0 Å². The summed E-state index contributed by atoms with van der Waals surface area (Å²) in [6.07, 6.45) is 3.77. The molecule has 0 atom stereocenters. The molecule has 1 saturated carbocycles. The zero-order valence-electron chi connectivity index (χ0n) is 18.2. The highest BCUT2D eigenvalue weighted by molar-refractivity contribution is 7.11. The molecule has 5 nitrogen and oxygen atoms in total. The van der Waals surface area contributed by atoms with Gasteiger partial charge in [-0.2, -0.15) is 0 Å². The quantitative estimate of drug-likeness (QED) is 0.528. The molecule has 0 radical (unpaired) electrons. The largest absolute Gasteiger partial charge is 0.338 e. The number of ketones is 2. The van der Waals surface area contributed by atoms with E-state index in [1.165, 1.54) is 11.3 Å². The second-order valence-corrected chi connectivity index (χ2v) is 9.66. The topological polar surface area (TPSA) is 67.3 Å². The molecule has 1 saturated heterocycles. The maximum Gasteiger partial charge on any atom is 0.265 e. The van der Waals surface area contributed by atoms with Crippen LogP contribution in [0.5, 0.6) is 0 Å². The van der Waals surface area contributed by atoms with Crippen molar-refractivity contribution in [2.24, 2.45) is 5.41 Å². The summed E-state index contributed by atoms with van der Waals surface area (Å²) in [5, 5.41) is 0. The molecular formula is C25H26N2O3S. The van der Waals surface area contributed by atoms with Crippen molar-refractivity contribution in [2.75, 3.05) is 13.1 Å². The van der Waals surface area contributed by atoms with Crippen LogP contribution < -0.4 is 0 Å². The fourth-order valence-electron chi connectivity index (χ4n) is 5.17. The standard InChI is InChI=1S/C25H26N2O3S/c1-4-5-18-10-16(2)22(17(3)11-18)23-19(28)12-25(13-20(23)29)6-8-27(9-7-25)24(30)21-14-26-15-31-21/h10-11,14-15,23H,6-9,12-13H2,1-3H3. The number of hydrogen-bond donors (Lipinski definition) is 0. The molecule has 2 aliphatic rings. The monoisotopic (exact) mass is 434 g/mol. The van der Waals surface area contributed by atoms with Crippen molar-refractivity contribution in [2.45, 2.75) is 52.4 Å². The number of thiazole rings is 1. The summed E-state index contributed by atoms with van der Waals surface area (Å²) in [4.78, 5) is 45.6. The predicted octanol–water partition coefficient (Wildman–Crippen LogP) is 4.07. The van der Waals surface area contributed by atoms with E-state index in [9.17, 15) is 14.4 Å². The summed E-state index contributed by atoms with van der Waals surface area (Å²) in [5.74, 6) is 5.30. The van der Waals surface area contributed by atoms with E-state index >= 15 is 0 Å². The van der Waals surface area contributed by atoms with Crippen molar-refractivity contribution in [1.82, 2.24) is 9.88 Å². The van der Waals surface area contributed by atoms with Gasteiger partial charge in [0.2, 0.25) is 0 Å². The summed E-state index contributed by atoms with van der Waals surface area (Å²) in [6, 6.07) is 3.93. The fraction of sp³-hybridized carbons (Fsp3) is 0.440. The number of Topliss-reactive ketones (excluding diaryl/α,β-unsaturated/α-hetero) is 2. The second-order valence-electron chi connectivity index (χ2n) is 8.78. The number of aromatic nitrogens is 1. The average Bonchev–Trinajstić information content (AvgIpc) is 3.25. The number of carbonyl (C=O) groups is 3. The van der Waals surface area contributed by atoms with Gasteiger partial charge in [-0.15, -0.1) is 17.3 Å². The third-order valence-electron chi connectivity index (χ3n) is 6.65. The van der Waals surface area contributed by atoms with Gasteiger partial charge in [-0.3, -0.25) is 19.4 Å². The molecule has 1 aliphatic carbocycles. The lowest BCUT2D eigenvalue weighted by atomic mass is 9.62. The fourth-order valence-corrected chi connectivity index (χ4v) is 5.76. The van der Waals surface area contributed by atoms with Crippen LogP contribution in [0.2, 0.25) is 0 Å². The molecule has 1 aromatic heterocycles. The minimum absolute atomic E-state index is 0.00907. The van der Waals surface area contributed by atoms with E-state index in [0.29, 0.717) is 43.6 Å². The summed E-state index contributed by atoms with van der Waals surface area (Å²) < 4.78 is 0. The van der Waals surface area contributed by atoms with Gasteiger partial charge in [0.25, 0.3) is 5.91 Å². The van der Waals surface area contributed by atoms with Crippen LogP contribution in [-0.2, 0) is 9.59 Å². The number of carbonyl (C=O) groups excluding carboxylic acids is 3. The molecule has 0 bridgehead atoms. The lowest BCUT2D eigenvalue weighted by molar-refractivity contribution is -0.138. The van der Waals surface area contributed by atoms with Gasteiger partial charge in [0.05, 0.1) is 11.7 Å². The smallest absolute Gasteiger partial charge is 0.265 e. The molecule has 2 heterocycles. The molecule has 1 spiro atoms. The lowest BCUT2D eigenvalue weighted by Gasteiger charge is -2.44. The average molecular weight is 435 g/mol. The number of rotatable bonds is 2. The Hall–Kier alpha value is -2.78. The summed E-state index contributed by atoms with van der Waals surface area (Å²) in [5.41, 5.74) is 5.00.